The topological polar surface area (TPSA) is 136 Å². The molecule has 17 heteroatoms. The number of aryl methyl sites for hydroxylation is 1. The molecule has 3 fully saturated rings. The molecule has 3 saturated heterocycles. The fourth-order valence-corrected chi connectivity index (χ4v) is 10.6. The molecule has 7 heterocycles. The number of nitrogens with zero attached hydrogens (tertiary/aromatic N) is 7. The molecule has 4 amide bonds. The van der Waals surface area contributed by atoms with Crippen molar-refractivity contribution in [3.8, 4) is 11.1 Å². The van der Waals surface area contributed by atoms with Crippen molar-refractivity contribution in [2.24, 2.45) is 0 Å². The van der Waals surface area contributed by atoms with Crippen LogP contribution in [0.1, 0.15) is 76.1 Å². The first-order chi connectivity index (χ1) is 30.5. The monoisotopic (exact) mass is 877 g/mol. The molecule has 0 saturated carbocycles. The van der Waals surface area contributed by atoms with Crippen molar-refractivity contribution in [3.05, 3.63) is 118 Å². The molecule has 2 N–H and O–H groups in total. The van der Waals surface area contributed by atoms with Gasteiger partial charge in [0.25, 0.3) is 17.7 Å². The van der Waals surface area contributed by atoms with Gasteiger partial charge in [-0.3, -0.25) is 39.6 Å². The maximum atomic E-state index is 16.0. The summed E-state index contributed by atoms with van der Waals surface area (Å²) in [5.41, 5.74) is 5.34. The summed E-state index contributed by atoms with van der Waals surface area (Å²) in [6, 6.07) is 15.8. The van der Waals surface area contributed by atoms with Crippen molar-refractivity contribution in [2.45, 2.75) is 75.7 Å². The first kappa shape index (κ1) is 41.1. The third-order valence-electron chi connectivity index (χ3n) is 13.3. The number of hydrogen-bond donors (Lipinski definition) is 2. The molecule has 0 radical (unpaired) electrons. The maximum Gasteiger partial charge on any atom is 0.280 e. The van der Waals surface area contributed by atoms with Crippen molar-refractivity contribution in [3.63, 3.8) is 0 Å². The minimum Gasteiger partial charge on any atom is -0.365 e. The first-order valence-electron chi connectivity index (χ1n) is 21.5. The summed E-state index contributed by atoms with van der Waals surface area (Å²) in [7, 11) is 0. The molecule has 0 aliphatic carbocycles. The fraction of sp³-hybridized carbons (Fsp3) is 0.391. The van der Waals surface area contributed by atoms with E-state index in [0.29, 0.717) is 86.2 Å². The fourth-order valence-electron chi connectivity index (χ4n) is 10.1. The van der Waals surface area contributed by atoms with Gasteiger partial charge in [0.2, 0.25) is 11.8 Å². The summed E-state index contributed by atoms with van der Waals surface area (Å²) in [6.07, 6.45) is 5.91. The largest absolute Gasteiger partial charge is 0.365 e. The minimum atomic E-state index is -2.97. The van der Waals surface area contributed by atoms with Crippen LogP contribution in [0, 0.1) is 5.82 Å². The van der Waals surface area contributed by atoms with E-state index in [1.807, 2.05) is 33.7 Å². The van der Waals surface area contributed by atoms with Crippen LogP contribution in [0.5, 0.6) is 0 Å². The van der Waals surface area contributed by atoms with Crippen molar-refractivity contribution in [1.29, 1.82) is 0 Å². The molecule has 63 heavy (non-hydrogen) atoms. The lowest BCUT2D eigenvalue weighted by atomic mass is 9.87. The van der Waals surface area contributed by atoms with Crippen molar-refractivity contribution >= 4 is 45.8 Å². The Balaban J connectivity index is 0.786. The van der Waals surface area contributed by atoms with Crippen LogP contribution >= 0.6 is 11.3 Å². The highest BCUT2D eigenvalue weighted by molar-refractivity contribution is 7.13. The van der Waals surface area contributed by atoms with Gasteiger partial charge < -0.3 is 14.4 Å². The number of carbonyl (C=O) groups is 4. The molecular weight excluding hydrogens is 832 g/mol. The molecule has 0 bridgehead atoms. The zero-order chi connectivity index (χ0) is 43.4. The highest BCUT2D eigenvalue weighted by atomic mass is 32.1. The van der Waals surface area contributed by atoms with E-state index in [1.165, 1.54) is 22.3 Å². The lowest BCUT2D eigenvalue weighted by molar-refractivity contribution is -0.134. The number of alkyl halides is 2. The molecule has 326 valence electrons. The van der Waals surface area contributed by atoms with Crippen molar-refractivity contribution in [2.75, 3.05) is 49.5 Å². The molecule has 3 atom stereocenters. The quantitative estimate of drug-likeness (QED) is 0.163. The van der Waals surface area contributed by atoms with E-state index >= 15 is 13.2 Å². The summed E-state index contributed by atoms with van der Waals surface area (Å²) in [5.74, 6) is -5.42. The average Bonchev–Trinajstić information content (AvgIpc) is 4.10. The van der Waals surface area contributed by atoms with Gasteiger partial charge in [-0.15, -0.1) is 11.3 Å². The molecule has 5 aliphatic heterocycles. The van der Waals surface area contributed by atoms with Crippen LogP contribution in [0.4, 0.5) is 24.0 Å². The van der Waals surface area contributed by atoms with Gasteiger partial charge in [0.15, 0.2) is 11.2 Å². The number of piperazine rings is 1. The number of imide groups is 1. The third-order valence-corrected chi connectivity index (χ3v) is 14.0. The number of benzene rings is 3. The zero-order valence-corrected chi connectivity index (χ0v) is 35.3. The highest BCUT2D eigenvalue weighted by Gasteiger charge is 2.48. The van der Waals surface area contributed by atoms with Gasteiger partial charge in [0.1, 0.15) is 5.82 Å². The van der Waals surface area contributed by atoms with Gasteiger partial charge in [-0.05, 0) is 72.2 Å². The number of fused-ring (bicyclic) bond motifs is 2. The summed E-state index contributed by atoms with van der Waals surface area (Å²) in [5, 5.41) is 7.39. The van der Waals surface area contributed by atoms with E-state index in [4.69, 9.17) is 0 Å². The molecule has 3 unspecified atom stereocenters. The lowest BCUT2D eigenvalue weighted by Gasteiger charge is -2.47. The standard InChI is InChI=1S/C46H46F3N9O4S/c47-36-23-30(22-34-35(36)25-58(44(34)62)41(43(61)53-45-50-14-21-63-45)40-37-6-3-15-57(37)27-51-40)28-7-9-31(10-8-28)56-16-13-38(46(48,49)26-56)55-19-17-54(18-20-55)24-29-4-1-2-5-32(29)33-11-12-39(59)52-42(33)60/h1-2,4-5,7-10,14,21-23,27,33,38,41H,3,6,11-13,15-20,24-26H2,(H,50,53,61)(H,52,59,60). The number of anilines is 2. The summed E-state index contributed by atoms with van der Waals surface area (Å²) >= 11 is 1.25. The number of halogens is 3. The number of aromatic nitrogens is 3. The second-order valence-corrected chi connectivity index (χ2v) is 18.0. The Morgan fingerprint density at radius 3 is 2.51 bits per heavy atom. The minimum absolute atomic E-state index is 0.109. The van der Waals surface area contributed by atoms with E-state index in [0.717, 1.165) is 29.8 Å². The number of carbonyl (C=O) groups excluding carboxylic acids is 4. The number of hydrogen-bond acceptors (Lipinski definition) is 10. The van der Waals surface area contributed by atoms with Crippen molar-refractivity contribution < 1.29 is 32.3 Å². The number of piperidine rings is 2. The van der Waals surface area contributed by atoms with Gasteiger partial charge in [-0.2, -0.15) is 0 Å². The van der Waals surface area contributed by atoms with E-state index in [-0.39, 0.29) is 41.8 Å². The SMILES string of the molecule is O=C1CCC(c2ccccc2CN2CCN(C3CCN(c4ccc(-c5cc(F)c6c(c5)C(=O)N(C(C(=O)Nc5nccs5)c5ncn7c5CCC7)C6)cc4)CC3(F)F)CC2)C(=O)N1. The van der Waals surface area contributed by atoms with Gasteiger partial charge in [-0.25, -0.2) is 23.1 Å². The second-order valence-electron chi connectivity index (χ2n) is 17.1. The van der Waals surface area contributed by atoms with Crippen LogP contribution in [0.2, 0.25) is 0 Å². The normalized spacial score (nSPS) is 21.9. The van der Waals surface area contributed by atoms with Crippen molar-refractivity contribution in [1.82, 2.24) is 34.6 Å². The van der Waals surface area contributed by atoms with E-state index in [9.17, 15) is 19.2 Å². The summed E-state index contributed by atoms with van der Waals surface area (Å²) < 4.78 is 50.0. The molecule has 5 aliphatic rings. The Hall–Kier alpha value is -5.91. The highest BCUT2D eigenvalue weighted by Crippen LogP contribution is 2.40. The molecule has 10 rings (SSSR count). The van der Waals surface area contributed by atoms with Crippen LogP contribution in [0.15, 0.2) is 78.6 Å². The molecule has 0 spiro atoms. The number of imidazole rings is 1. The van der Waals surface area contributed by atoms with Gasteiger partial charge >= 0.3 is 0 Å². The third kappa shape index (κ3) is 7.90. The maximum absolute atomic E-state index is 16.0. The molecule has 13 nitrogen and oxygen atoms in total. The Labute approximate surface area is 365 Å². The van der Waals surface area contributed by atoms with Crippen LogP contribution < -0.4 is 15.5 Å². The Kier molecular flexibility index (Phi) is 10.9. The number of thiazole rings is 1. The summed E-state index contributed by atoms with van der Waals surface area (Å²) in [4.78, 5) is 68.3. The second kappa shape index (κ2) is 16.7. The van der Waals surface area contributed by atoms with E-state index in [1.54, 1.807) is 53.1 Å². The number of rotatable bonds is 10. The summed E-state index contributed by atoms with van der Waals surface area (Å²) in [6.45, 7) is 3.48. The number of amides is 4. The van der Waals surface area contributed by atoms with E-state index in [2.05, 4.69) is 25.5 Å². The number of nitrogens with one attached hydrogen (secondary N) is 2. The molecule has 3 aromatic carbocycles. The first-order valence-corrected chi connectivity index (χ1v) is 22.4. The van der Waals surface area contributed by atoms with Gasteiger partial charge in [0, 0.05) is 86.3 Å². The predicted molar refractivity (Wildman–Crippen MR) is 230 cm³/mol. The Morgan fingerprint density at radius 2 is 1.75 bits per heavy atom. The van der Waals surface area contributed by atoms with Crippen LogP contribution in [-0.2, 0) is 40.4 Å². The Bertz CT molecular complexity index is 2580. The van der Waals surface area contributed by atoms with Crippen LogP contribution in [-0.4, -0.2) is 104 Å². The predicted octanol–water partition coefficient (Wildman–Crippen LogP) is 5.98. The molecule has 5 aromatic rings. The smallest absolute Gasteiger partial charge is 0.280 e. The zero-order valence-electron chi connectivity index (χ0n) is 34.4. The van der Waals surface area contributed by atoms with E-state index < -0.39 is 42.2 Å². The van der Waals surface area contributed by atoms with Crippen LogP contribution in [0.25, 0.3) is 11.1 Å². The van der Waals surface area contributed by atoms with Crippen LogP contribution in [0.3, 0.4) is 0 Å². The van der Waals surface area contributed by atoms with Gasteiger partial charge in [-0.1, -0.05) is 36.4 Å². The van der Waals surface area contributed by atoms with Gasteiger partial charge in [0.05, 0.1) is 37.1 Å². The lowest BCUT2D eigenvalue weighted by Crippen LogP contribution is -2.61. The average molecular weight is 878 g/mol. The Morgan fingerprint density at radius 1 is 0.937 bits per heavy atom. The molecular formula is C46H46F3N9O4S. The molecule has 2 aromatic heterocycles.